The number of ether oxygens (including phenoxy) is 1. The first kappa shape index (κ1) is 20.4. The molecule has 0 aliphatic heterocycles. The molecule has 4 rings (SSSR count). The van der Waals surface area contributed by atoms with E-state index in [-0.39, 0.29) is 18.0 Å². The highest BCUT2D eigenvalue weighted by molar-refractivity contribution is 6.02. The molecule has 0 unspecified atom stereocenters. The second kappa shape index (κ2) is 8.85. The zero-order chi connectivity index (χ0) is 21.8. The lowest BCUT2D eigenvalue weighted by molar-refractivity contribution is 0.282. The standard InChI is InChI=1S/C25H22N2O4/c1-2-31-20-12-10-19(11-13-20)27-24(29)22-9-4-3-8-21(22)23(25(27)30)15-26-18-7-5-6-17(14-18)16-28/h3-15,28,30H,2,16H2,1H3. The molecule has 0 saturated heterocycles. The molecule has 156 valence electrons. The number of aromatic nitrogens is 1. The summed E-state index contributed by atoms with van der Waals surface area (Å²) in [4.78, 5) is 17.6. The zero-order valence-corrected chi connectivity index (χ0v) is 17.0. The molecule has 0 aliphatic carbocycles. The highest BCUT2D eigenvalue weighted by atomic mass is 16.5. The van der Waals surface area contributed by atoms with Crippen molar-refractivity contribution < 1.29 is 14.9 Å². The fraction of sp³-hybridized carbons (Fsp3) is 0.120. The van der Waals surface area contributed by atoms with Gasteiger partial charge in [0.25, 0.3) is 5.56 Å². The Morgan fingerprint density at radius 1 is 1.00 bits per heavy atom. The van der Waals surface area contributed by atoms with E-state index < -0.39 is 0 Å². The van der Waals surface area contributed by atoms with Crippen molar-refractivity contribution in [3.05, 3.63) is 94.3 Å². The average molecular weight is 414 g/mol. The minimum absolute atomic E-state index is 0.0832. The van der Waals surface area contributed by atoms with E-state index in [1.807, 2.05) is 13.0 Å². The molecule has 0 bridgehead atoms. The minimum Gasteiger partial charge on any atom is -0.494 e. The van der Waals surface area contributed by atoms with Crippen molar-refractivity contribution in [3.8, 4) is 17.3 Å². The average Bonchev–Trinajstić information content (AvgIpc) is 2.80. The van der Waals surface area contributed by atoms with Gasteiger partial charge in [0.15, 0.2) is 0 Å². The molecule has 1 heterocycles. The molecule has 0 saturated carbocycles. The lowest BCUT2D eigenvalue weighted by Crippen LogP contribution is -2.20. The smallest absolute Gasteiger partial charge is 0.265 e. The van der Waals surface area contributed by atoms with Gasteiger partial charge in [-0.05, 0) is 55.0 Å². The fourth-order valence-corrected chi connectivity index (χ4v) is 3.46. The van der Waals surface area contributed by atoms with E-state index in [2.05, 4.69) is 4.99 Å². The van der Waals surface area contributed by atoms with E-state index in [1.165, 1.54) is 4.57 Å². The molecule has 3 aromatic carbocycles. The first-order chi connectivity index (χ1) is 15.1. The van der Waals surface area contributed by atoms with Gasteiger partial charge in [-0.2, -0.15) is 0 Å². The molecule has 6 nitrogen and oxygen atoms in total. The van der Waals surface area contributed by atoms with Crippen LogP contribution < -0.4 is 10.3 Å². The number of rotatable bonds is 6. The second-order valence-electron chi connectivity index (χ2n) is 6.94. The molecule has 0 spiro atoms. The van der Waals surface area contributed by atoms with E-state index in [0.717, 1.165) is 5.56 Å². The number of nitrogens with zero attached hydrogens (tertiary/aromatic N) is 2. The molecule has 1 aromatic heterocycles. The van der Waals surface area contributed by atoms with Crippen molar-refractivity contribution in [1.82, 2.24) is 4.57 Å². The van der Waals surface area contributed by atoms with Crippen molar-refractivity contribution >= 4 is 22.7 Å². The molecule has 0 amide bonds. The highest BCUT2D eigenvalue weighted by Gasteiger charge is 2.16. The highest BCUT2D eigenvalue weighted by Crippen LogP contribution is 2.27. The third-order valence-electron chi connectivity index (χ3n) is 4.95. The number of pyridine rings is 1. The second-order valence-corrected chi connectivity index (χ2v) is 6.94. The quantitative estimate of drug-likeness (QED) is 0.460. The lowest BCUT2D eigenvalue weighted by Gasteiger charge is -2.14. The van der Waals surface area contributed by atoms with Crippen LogP contribution in [0.25, 0.3) is 16.5 Å². The summed E-state index contributed by atoms with van der Waals surface area (Å²) in [6, 6.07) is 21.3. The van der Waals surface area contributed by atoms with Gasteiger partial charge < -0.3 is 14.9 Å². The molecule has 4 aromatic rings. The minimum atomic E-state index is -0.323. The number of aliphatic hydroxyl groups is 1. The van der Waals surface area contributed by atoms with E-state index in [1.54, 1.807) is 72.9 Å². The van der Waals surface area contributed by atoms with Crippen LogP contribution in [0.5, 0.6) is 11.6 Å². The maximum absolute atomic E-state index is 13.2. The van der Waals surface area contributed by atoms with Crippen LogP contribution >= 0.6 is 0 Å². The maximum atomic E-state index is 13.2. The van der Waals surface area contributed by atoms with Crippen LogP contribution in [-0.4, -0.2) is 27.6 Å². The van der Waals surface area contributed by atoms with Gasteiger partial charge in [0.2, 0.25) is 5.88 Å². The lowest BCUT2D eigenvalue weighted by atomic mass is 10.1. The van der Waals surface area contributed by atoms with Crippen LogP contribution in [0.1, 0.15) is 18.1 Å². The van der Waals surface area contributed by atoms with Crippen molar-refractivity contribution in [2.24, 2.45) is 4.99 Å². The van der Waals surface area contributed by atoms with Gasteiger partial charge >= 0.3 is 0 Å². The Hall–Kier alpha value is -3.90. The summed E-state index contributed by atoms with van der Waals surface area (Å²) in [6.45, 7) is 2.36. The molecule has 31 heavy (non-hydrogen) atoms. The van der Waals surface area contributed by atoms with Gasteiger partial charge in [-0.1, -0.05) is 30.3 Å². The van der Waals surface area contributed by atoms with Gasteiger partial charge in [0.05, 0.1) is 30.2 Å². The Kier molecular flexibility index (Phi) is 5.82. The first-order valence-corrected chi connectivity index (χ1v) is 9.96. The van der Waals surface area contributed by atoms with E-state index >= 15 is 0 Å². The predicted octanol–water partition coefficient (Wildman–Crippen LogP) is 4.34. The van der Waals surface area contributed by atoms with E-state index in [4.69, 9.17) is 4.74 Å². The summed E-state index contributed by atoms with van der Waals surface area (Å²) in [5, 5.41) is 21.5. The van der Waals surface area contributed by atoms with Crippen molar-refractivity contribution in [2.45, 2.75) is 13.5 Å². The number of benzene rings is 3. The summed E-state index contributed by atoms with van der Waals surface area (Å²) in [5.74, 6) is 0.486. The third-order valence-corrected chi connectivity index (χ3v) is 4.95. The van der Waals surface area contributed by atoms with Crippen LogP contribution in [0, 0.1) is 0 Å². The number of fused-ring (bicyclic) bond motifs is 1. The molecular formula is C25H22N2O4. The third kappa shape index (κ3) is 4.06. The van der Waals surface area contributed by atoms with Gasteiger partial charge in [-0.15, -0.1) is 0 Å². The normalized spacial score (nSPS) is 11.3. The molecule has 0 fully saturated rings. The Balaban J connectivity index is 1.88. The monoisotopic (exact) mass is 414 g/mol. The van der Waals surface area contributed by atoms with E-state index in [9.17, 15) is 15.0 Å². The van der Waals surface area contributed by atoms with Crippen LogP contribution in [0.15, 0.2) is 82.6 Å². The summed E-state index contributed by atoms with van der Waals surface area (Å²) in [5.41, 5.74) is 2.00. The Labute approximate surface area is 179 Å². The first-order valence-electron chi connectivity index (χ1n) is 9.96. The summed E-state index contributed by atoms with van der Waals surface area (Å²) < 4.78 is 6.74. The molecule has 2 N–H and O–H groups in total. The molecule has 6 heteroatoms. The van der Waals surface area contributed by atoms with Gasteiger partial charge in [-0.25, -0.2) is 4.57 Å². The largest absolute Gasteiger partial charge is 0.494 e. The molecular weight excluding hydrogens is 392 g/mol. The SMILES string of the molecule is CCOc1ccc(-n2c(O)c(C=Nc3cccc(CO)c3)c3ccccc3c2=O)cc1. The topological polar surface area (TPSA) is 84.1 Å². The van der Waals surface area contributed by atoms with Crippen LogP contribution in [-0.2, 0) is 6.61 Å². The van der Waals surface area contributed by atoms with Crippen LogP contribution in [0.2, 0.25) is 0 Å². The molecule has 0 atom stereocenters. The van der Waals surface area contributed by atoms with Crippen molar-refractivity contribution in [3.63, 3.8) is 0 Å². The number of aliphatic imine (C=N–C) groups is 1. The maximum Gasteiger partial charge on any atom is 0.265 e. The number of hydrogen-bond acceptors (Lipinski definition) is 5. The Bertz CT molecular complexity index is 1310. The molecule has 0 radical (unpaired) electrons. The van der Waals surface area contributed by atoms with Crippen molar-refractivity contribution in [1.29, 1.82) is 0 Å². The predicted molar refractivity (Wildman–Crippen MR) is 122 cm³/mol. The number of aliphatic hydroxyl groups excluding tert-OH is 1. The number of aromatic hydroxyl groups is 1. The van der Waals surface area contributed by atoms with Gasteiger partial charge in [0.1, 0.15) is 5.75 Å². The Morgan fingerprint density at radius 2 is 1.74 bits per heavy atom. The van der Waals surface area contributed by atoms with Crippen molar-refractivity contribution in [2.75, 3.05) is 6.61 Å². The summed E-state index contributed by atoms with van der Waals surface area (Å²) in [7, 11) is 0. The van der Waals surface area contributed by atoms with Crippen LogP contribution in [0.3, 0.4) is 0 Å². The van der Waals surface area contributed by atoms with Gasteiger partial charge in [0, 0.05) is 17.0 Å². The van der Waals surface area contributed by atoms with Crippen LogP contribution in [0.4, 0.5) is 5.69 Å². The number of hydrogen-bond donors (Lipinski definition) is 2. The van der Waals surface area contributed by atoms with E-state index in [0.29, 0.717) is 40.1 Å². The zero-order valence-electron chi connectivity index (χ0n) is 17.0. The fourth-order valence-electron chi connectivity index (χ4n) is 3.46. The Morgan fingerprint density at radius 3 is 2.45 bits per heavy atom. The van der Waals surface area contributed by atoms with Gasteiger partial charge in [-0.3, -0.25) is 9.79 Å². The molecule has 0 aliphatic rings. The summed E-state index contributed by atoms with van der Waals surface area (Å²) >= 11 is 0. The summed E-state index contributed by atoms with van der Waals surface area (Å²) in [6.07, 6.45) is 1.54.